The van der Waals surface area contributed by atoms with Gasteiger partial charge in [0.15, 0.2) is 0 Å². The monoisotopic (exact) mass is 341 g/mol. The van der Waals surface area contributed by atoms with Gasteiger partial charge in [0, 0.05) is 32.6 Å². The third kappa shape index (κ3) is 5.09. The van der Waals surface area contributed by atoms with Gasteiger partial charge in [0.1, 0.15) is 5.60 Å². The van der Waals surface area contributed by atoms with Crippen LogP contribution in [-0.4, -0.2) is 77.2 Å². The van der Waals surface area contributed by atoms with Gasteiger partial charge in [-0.2, -0.15) is 5.06 Å². The molecular weight excluding hydrogens is 314 g/mol. The lowest BCUT2D eigenvalue weighted by Crippen LogP contribution is -2.56. The lowest BCUT2D eigenvalue weighted by Gasteiger charge is -2.41. The lowest BCUT2D eigenvalue weighted by atomic mass is 10.0. The van der Waals surface area contributed by atoms with Gasteiger partial charge in [0.2, 0.25) is 0 Å². The number of hydrogen-bond acceptors (Lipinski definition) is 6. The molecule has 2 fully saturated rings. The number of ether oxygens (including phenoxy) is 1. The van der Waals surface area contributed by atoms with Gasteiger partial charge >= 0.3 is 12.1 Å². The summed E-state index contributed by atoms with van der Waals surface area (Å²) in [5, 5.41) is 1.13. The summed E-state index contributed by atoms with van der Waals surface area (Å²) in [4.78, 5) is 43.8. The number of rotatable bonds is 2. The predicted octanol–water partition coefficient (Wildman–Crippen LogP) is 1.01. The van der Waals surface area contributed by atoms with Crippen molar-refractivity contribution in [3.8, 4) is 0 Å². The summed E-state index contributed by atoms with van der Waals surface area (Å²) in [5.74, 6) is -0.687. The highest BCUT2D eigenvalue weighted by atomic mass is 16.7. The number of carbonyl (C=O) groups is 3. The first-order chi connectivity index (χ1) is 11.2. The molecule has 2 amide bonds. The minimum absolute atomic E-state index is 0.203. The predicted molar refractivity (Wildman–Crippen MR) is 85.9 cm³/mol. The van der Waals surface area contributed by atoms with E-state index in [1.165, 1.54) is 6.92 Å². The second-order valence-electron chi connectivity index (χ2n) is 7.25. The van der Waals surface area contributed by atoms with E-state index in [2.05, 4.69) is 4.90 Å². The maximum atomic E-state index is 12.1. The van der Waals surface area contributed by atoms with E-state index in [1.807, 2.05) is 20.8 Å². The van der Waals surface area contributed by atoms with Crippen LogP contribution in [0, 0.1) is 0 Å². The Hall–Kier alpha value is -1.83. The third-order valence-corrected chi connectivity index (χ3v) is 4.08. The molecule has 0 aromatic carbocycles. The molecule has 2 aliphatic rings. The normalized spacial score (nSPS) is 20.9. The number of likely N-dealkylation sites (tertiary alicyclic amines) is 1. The SMILES string of the molecule is CC(=O)ON1CCN(C2CCN(C(=O)OC(C)(C)C)CC2)CC1=O. The highest BCUT2D eigenvalue weighted by Crippen LogP contribution is 2.20. The molecule has 0 atom stereocenters. The Labute approximate surface area is 142 Å². The zero-order chi connectivity index (χ0) is 17.9. The molecule has 24 heavy (non-hydrogen) atoms. The molecule has 0 spiro atoms. The molecule has 0 saturated carbocycles. The number of piperidine rings is 1. The maximum absolute atomic E-state index is 12.1. The molecule has 0 radical (unpaired) electrons. The molecule has 2 aliphatic heterocycles. The van der Waals surface area contributed by atoms with Gasteiger partial charge < -0.3 is 14.5 Å². The number of amides is 2. The molecule has 2 rings (SSSR count). The van der Waals surface area contributed by atoms with Crippen molar-refractivity contribution in [2.24, 2.45) is 0 Å². The first-order valence-electron chi connectivity index (χ1n) is 8.36. The van der Waals surface area contributed by atoms with Crippen LogP contribution in [0.3, 0.4) is 0 Å². The Morgan fingerprint density at radius 1 is 1.08 bits per heavy atom. The Balaban J connectivity index is 1.80. The van der Waals surface area contributed by atoms with Gasteiger partial charge in [-0.15, -0.1) is 0 Å². The van der Waals surface area contributed by atoms with Gasteiger partial charge in [-0.1, -0.05) is 0 Å². The van der Waals surface area contributed by atoms with Gasteiger partial charge in [-0.3, -0.25) is 14.5 Å². The fourth-order valence-electron chi connectivity index (χ4n) is 2.98. The quantitative estimate of drug-likeness (QED) is 0.746. The highest BCUT2D eigenvalue weighted by molar-refractivity contribution is 5.79. The second-order valence-corrected chi connectivity index (χ2v) is 7.25. The van der Waals surface area contributed by atoms with E-state index in [0.717, 1.165) is 17.9 Å². The molecule has 0 aromatic rings. The van der Waals surface area contributed by atoms with Crippen LogP contribution in [-0.2, 0) is 19.2 Å². The van der Waals surface area contributed by atoms with Crippen LogP contribution in [0.2, 0.25) is 0 Å². The minimum Gasteiger partial charge on any atom is -0.444 e. The highest BCUT2D eigenvalue weighted by Gasteiger charge is 2.34. The van der Waals surface area contributed by atoms with Crippen LogP contribution < -0.4 is 0 Å². The molecule has 0 N–H and O–H groups in total. The first kappa shape index (κ1) is 18.5. The van der Waals surface area contributed by atoms with Crippen LogP contribution in [0.5, 0.6) is 0 Å². The number of hydroxylamine groups is 2. The summed E-state index contributed by atoms with van der Waals surface area (Å²) in [6, 6.07) is 0.257. The Kier molecular flexibility index (Phi) is 5.69. The summed E-state index contributed by atoms with van der Waals surface area (Å²) in [7, 11) is 0. The standard InChI is InChI=1S/C16H27N3O5/c1-12(20)24-19-10-9-18(11-14(19)21)13-5-7-17(8-6-13)15(22)23-16(2,3)4/h13H,5-11H2,1-4H3. The molecule has 0 bridgehead atoms. The zero-order valence-corrected chi connectivity index (χ0v) is 14.9. The van der Waals surface area contributed by atoms with Crippen molar-refractivity contribution in [3.05, 3.63) is 0 Å². The van der Waals surface area contributed by atoms with Crippen molar-refractivity contribution in [2.45, 2.75) is 52.2 Å². The zero-order valence-electron chi connectivity index (χ0n) is 14.9. The summed E-state index contributed by atoms with van der Waals surface area (Å²) < 4.78 is 5.39. The van der Waals surface area contributed by atoms with E-state index in [4.69, 9.17) is 9.57 Å². The molecule has 8 heteroatoms. The molecule has 2 saturated heterocycles. The fraction of sp³-hybridized carbons (Fsp3) is 0.812. The third-order valence-electron chi connectivity index (χ3n) is 4.08. The first-order valence-corrected chi connectivity index (χ1v) is 8.36. The minimum atomic E-state index is -0.493. The molecule has 136 valence electrons. The van der Waals surface area contributed by atoms with Gasteiger partial charge in [-0.25, -0.2) is 4.79 Å². The molecular formula is C16H27N3O5. The van der Waals surface area contributed by atoms with Crippen molar-refractivity contribution < 1.29 is 24.0 Å². The van der Waals surface area contributed by atoms with Crippen LogP contribution >= 0.6 is 0 Å². The van der Waals surface area contributed by atoms with E-state index >= 15 is 0 Å². The van der Waals surface area contributed by atoms with Crippen molar-refractivity contribution in [3.63, 3.8) is 0 Å². The van der Waals surface area contributed by atoms with E-state index in [-0.39, 0.29) is 24.6 Å². The molecule has 0 aliphatic carbocycles. The number of nitrogens with zero attached hydrogens (tertiary/aromatic N) is 3. The van der Waals surface area contributed by atoms with Gasteiger partial charge in [0.25, 0.3) is 5.91 Å². The van der Waals surface area contributed by atoms with Crippen molar-refractivity contribution in [1.29, 1.82) is 0 Å². The molecule has 0 aromatic heterocycles. The summed E-state index contributed by atoms with van der Waals surface area (Å²) >= 11 is 0. The maximum Gasteiger partial charge on any atom is 0.410 e. The van der Waals surface area contributed by atoms with Crippen molar-refractivity contribution in [2.75, 3.05) is 32.7 Å². The lowest BCUT2D eigenvalue weighted by molar-refractivity contribution is -0.203. The van der Waals surface area contributed by atoms with E-state index in [1.54, 1.807) is 4.90 Å². The van der Waals surface area contributed by atoms with Crippen LogP contribution in [0.1, 0.15) is 40.5 Å². The average Bonchev–Trinajstić information content (AvgIpc) is 2.47. The molecule has 8 nitrogen and oxygen atoms in total. The smallest absolute Gasteiger partial charge is 0.410 e. The van der Waals surface area contributed by atoms with E-state index in [0.29, 0.717) is 26.2 Å². The van der Waals surface area contributed by atoms with E-state index < -0.39 is 11.6 Å². The Morgan fingerprint density at radius 3 is 2.21 bits per heavy atom. The van der Waals surface area contributed by atoms with E-state index in [9.17, 15) is 14.4 Å². The average molecular weight is 341 g/mol. The summed E-state index contributed by atoms with van der Waals surface area (Å²) in [5.41, 5.74) is -0.493. The number of piperazine rings is 1. The van der Waals surface area contributed by atoms with Crippen LogP contribution in [0.15, 0.2) is 0 Å². The largest absolute Gasteiger partial charge is 0.444 e. The van der Waals surface area contributed by atoms with Crippen molar-refractivity contribution >= 4 is 18.0 Å². The summed E-state index contributed by atoms with van der Waals surface area (Å²) in [6.45, 7) is 9.37. The second kappa shape index (κ2) is 7.38. The fourth-order valence-corrected chi connectivity index (χ4v) is 2.98. The Bertz CT molecular complexity index is 494. The van der Waals surface area contributed by atoms with Gasteiger partial charge in [0.05, 0.1) is 13.1 Å². The molecule has 2 heterocycles. The van der Waals surface area contributed by atoms with Crippen molar-refractivity contribution in [1.82, 2.24) is 14.9 Å². The number of hydrogen-bond donors (Lipinski definition) is 0. The van der Waals surface area contributed by atoms with Crippen LogP contribution in [0.25, 0.3) is 0 Å². The summed E-state index contributed by atoms with van der Waals surface area (Å²) in [6.07, 6.45) is 1.33. The van der Waals surface area contributed by atoms with Crippen LogP contribution in [0.4, 0.5) is 4.79 Å². The van der Waals surface area contributed by atoms with Gasteiger partial charge in [-0.05, 0) is 33.6 Å². The molecule has 0 unspecified atom stereocenters. The number of carbonyl (C=O) groups excluding carboxylic acids is 3. The topological polar surface area (TPSA) is 79.4 Å². The Morgan fingerprint density at radius 2 is 1.71 bits per heavy atom.